The van der Waals surface area contributed by atoms with Crippen molar-refractivity contribution in [2.24, 2.45) is 0 Å². The maximum Gasteiger partial charge on any atom is 0 e. The van der Waals surface area contributed by atoms with Gasteiger partial charge in [-0.05, 0) is 0 Å². The summed E-state index contributed by atoms with van der Waals surface area (Å²) in [5, 5.41) is 0. The van der Waals surface area contributed by atoms with Crippen molar-refractivity contribution in [3.05, 3.63) is 0 Å². The van der Waals surface area contributed by atoms with Crippen LogP contribution in [-0.2, 0) is 25.8 Å². The SMILES string of the molecule is N.O.[Hf].[La]. The van der Waals surface area contributed by atoms with E-state index < -0.39 is 0 Å². The Labute approximate surface area is 72.0 Å². The first-order valence-electron chi connectivity index (χ1n) is 0. The van der Waals surface area contributed by atoms with Crippen molar-refractivity contribution in [2.75, 3.05) is 0 Å². The van der Waals surface area contributed by atoms with Crippen LogP contribution in [0.4, 0.5) is 0 Å². The van der Waals surface area contributed by atoms with Crippen molar-refractivity contribution in [3.63, 3.8) is 0 Å². The Kier molecular flexibility index (Phi) is 190. The van der Waals surface area contributed by atoms with E-state index in [0.29, 0.717) is 0 Å². The topological polar surface area (TPSA) is 66.5 Å². The normalized spacial score (nSPS) is 0. The van der Waals surface area contributed by atoms with Gasteiger partial charge in [0.05, 0.1) is 0 Å². The van der Waals surface area contributed by atoms with Gasteiger partial charge < -0.3 is 11.6 Å². The molecule has 0 aliphatic rings. The molecular weight excluding hydrogens is 347 g/mol. The Morgan fingerprint density at radius 1 is 1.00 bits per heavy atom. The molecule has 4 heteroatoms. The first-order chi connectivity index (χ1) is 0. The summed E-state index contributed by atoms with van der Waals surface area (Å²) in [6.07, 6.45) is 0. The van der Waals surface area contributed by atoms with Crippen molar-refractivity contribution < 1.29 is 66.9 Å². The molecule has 0 heterocycles. The van der Waals surface area contributed by atoms with Crippen LogP contribution >= 0.6 is 0 Å². The molecule has 0 unspecified atom stereocenters. The summed E-state index contributed by atoms with van der Waals surface area (Å²) in [5.74, 6) is 0. The Hall–Kier alpha value is 1.98. The van der Waals surface area contributed by atoms with Crippen LogP contribution in [0.15, 0.2) is 0 Å². The second-order valence-electron chi connectivity index (χ2n) is 0. The van der Waals surface area contributed by atoms with E-state index in [0.717, 1.165) is 0 Å². The van der Waals surface area contributed by atoms with Gasteiger partial charge in [0, 0.05) is 61.4 Å². The molecule has 0 fully saturated rings. The zero-order valence-electron chi connectivity index (χ0n) is 2.28. The van der Waals surface area contributed by atoms with Crippen LogP contribution in [0, 0.1) is 35.6 Å². The summed E-state index contributed by atoms with van der Waals surface area (Å²) in [7, 11) is 0. The molecular formula is H5HfLaNO. The van der Waals surface area contributed by atoms with Gasteiger partial charge in [0.2, 0.25) is 0 Å². The van der Waals surface area contributed by atoms with E-state index in [9.17, 15) is 0 Å². The Balaban J connectivity index is 0. The van der Waals surface area contributed by atoms with Crippen molar-refractivity contribution in [1.29, 1.82) is 0 Å². The third kappa shape index (κ3) is 9.01. The standard InChI is InChI=1S/Hf.La.H3N.H2O/h;;1H3;1H2. The molecule has 0 aliphatic heterocycles. The van der Waals surface area contributed by atoms with Crippen LogP contribution < -0.4 is 6.15 Å². The molecule has 4 heavy (non-hydrogen) atoms. The average Bonchev–Trinajstić information content (AvgIpc) is 0. The number of hydrogen-bond acceptors (Lipinski definition) is 1. The monoisotopic (exact) mass is 354 g/mol. The second kappa shape index (κ2) is 20.1. The van der Waals surface area contributed by atoms with Crippen molar-refractivity contribution in [2.45, 2.75) is 0 Å². The number of rotatable bonds is 0. The molecule has 0 aromatic carbocycles. The molecule has 2 nitrogen and oxygen atoms in total. The summed E-state index contributed by atoms with van der Waals surface area (Å²) in [4.78, 5) is 0. The van der Waals surface area contributed by atoms with Crippen LogP contribution in [-0.4, -0.2) is 5.48 Å². The number of hydrogen-bond donors (Lipinski definition) is 1. The van der Waals surface area contributed by atoms with Gasteiger partial charge in [0.25, 0.3) is 0 Å². The Morgan fingerprint density at radius 2 is 1.00 bits per heavy atom. The van der Waals surface area contributed by atoms with Crippen LogP contribution in [0.2, 0.25) is 0 Å². The molecule has 1 radical (unpaired) electrons. The molecule has 0 spiro atoms. The summed E-state index contributed by atoms with van der Waals surface area (Å²) in [5.41, 5.74) is 0. The molecule has 0 saturated carbocycles. The smallest absolute Gasteiger partial charge is 0 e. The fraction of sp³-hybridized carbons (Fsp3) is 0. The molecule has 0 aromatic heterocycles. The maximum atomic E-state index is 0. The summed E-state index contributed by atoms with van der Waals surface area (Å²) >= 11 is 0. The average molecular weight is 352 g/mol. The Bertz CT molecular complexity index is 8.00. The van der Waals surface area contributed by atoms with Crippen LogP contribution in [0.1, 0.15) is 0 Å². The Morgan fingerprint density at radius 3 is 1.00 bits per heavy atom. The molecule has 0 saturated heterocycles. The van der Waals surface area contributed by atoms with Crippen molar-refractivity contribution in [1.82, 2.24) is 6.15 Å². The molecule has 0 aliphatic carbocycles. The first-order valence-corrected chi connectivity index (χ1v) is 0. The van der Waals surface area contributed by atoms with Gasteiger partial charge in [0.1, 0.15) is 0 Å². The quantitative estimate of drug-likeness (QED) is 0.578. The van der Waals surface area contributed by atoms with Gasteiger partial charge in [-0.15, -0.1) is 0 Å². The largest absolute Gasteiger partial charge is 0.412 e. The maximum absolute atomic E-state index is 0. The summed E-state index contributed by atoms with van der Waals surface area (Å²) in [6, 6.07) is 0. The van der Waals surface area contributed by atoms with Gasteiger partial charge in [-0.1, -0.05) is 0 Å². The fourth-order valence-electron chi connectivity index (χ4n) is 0. The molecule has 0 bridgehead atoms. The van der Waals surface area contributed by atoms with E-state index in [1.54, 1.807) is 0 Å². The zero-order chi connectivity index (χ0) is 0. The van der Waals surface area contributed by atoms with E-state index in [1.165, 1.54) is 0 Å². The van der Waals surface area contributed by atoms with Gasteiger partial charge >= 0.3 is 0 Å². The van der Waals surface area contributed by atoms with Crippen molar-refractivity contribution >= 4 is 0 Å². The van der Waals surface area contributed by atoms with E-state index in [-0.39, 0.29) is 73.1 Å². The minimum atomic E-state index is 0. The van der Waals surface area contributed by atoms with Gasteiger partial charge in [-0.25, -0.2) is 0 Å². The fourth-order valence-corrected chi connectivity index (χ4v) is 0. The van der Waals surface area contributed by atoms with E-state index in [2.05, 4.69) is 0 Å². The molecule has 0 rings (SSSR count). The third-order valence-electron chi connectivity index (χ3n) is 0. The van der Waals surface area contributed by atoms with E-state index in [4.69, 9.17) is 0 Å². The van der Waals surface area contributed by atoms with Gasteiger partial charge in [0.15, 0.2) is 0 Å². The third-order valence-corrected chi connectivity index (χ3v) is 0. The van der Waals surface area contributed by atoms with Crippen LogP contribution in [0.5, 0.6) is 0 Å². The van der Waals surface area contributed by atoms with Crippen LogP contribution in [0.3, 0.4) is 0 Å². The van der Waals surface area contributed by atoms with Gasteiger partial charge in [-0.3, -0.25) is 0 Å². The van der Waals surface area contributed by atoms with Crippen molar-refractivity contribution in [3.8, 4) is 0 Å². The second-order valence-corrected chi connectivity index (χ2v) is 0. The molecule has 0 amide bonds. The summed E-state index contributed by atoms with van der Waals surface area (Å²) < 4.78 is 0. The molecule has 5 N–H and O–H groups in total. The van der Waals surface area contributed by atoms with Gasteiger partial charge in [-0.2, -0.15) is 0 Å². The van der Waals surface area contributed by atoms with E-state index >= 15 is 0 Å². The minimum Gasteiger partial charge on any atom is -0.412 e. The summed E-state index contributed by atoms with van der Waals surface area (Å²) in [6.45, 7) is 0. The van der Waals surface area contributed by atoms with Crippen LogP contribution in [0.25, 0.3) is 0 Å². The predicted molar refractivity (Wildman–Crippen MR) is 8.64 cm³/mol. The molecule has 0 atom stereocenters. The molecule has 0 aromatic rings. The molecule has 23 valence electrons. The predicted octanol–water partition coefficient (Wildman–Crippen LogP) is -0.665. The van der Waals surface area contributed by atoms with E-state index in [1.807, 2.05) is 0 Å². The zero-order valence-corrected chi connectivity index (χ0v) is 9.50. The minimum absolute atomic E-state index is 0. The first kappa shape index (κ1) is 37.7.